The molecular weight excluding hydrogens is 224 g/mol. The molecule has 0 aromatic rings. The molecule has 0 amide bonds. The summed E-state index contributed by atoms with van der Waals surface area (Å²) >= 11 is 4.02. The third kappa shape index (κ3) is 3.91. The van der Waals surface area contributed by atoms with E-state index in [1.807, 2.05) is 11.8 Å². The topological polar surface area (TPSA) is 24.4 Å². The van der Waals surface area contributed by atoms with Crippen LogP contribution in [0.25, 0.3) is 0 Å². The molecule has 2 aliphatic rings. The van der Waals surface area contributed by atoms with E-state index in [2.05, 4.69) is 29.0 Å². The largest absolute Gasteiger partial charge is 0.364 e. The summed E-state index contributed by atoms with van der Waals surface area (Å²) in [5.74, 6) is 3.33. The lowest BCUT2D eigenvalue weighted by atomic mass is 10.2. The van der Waals surface area contributed by atoms with Crippen molar-refractivity contribution in [2.75, 3.05) is 24.6 Å². The Bertz CT molecular complexity index is 225. The van der Waals surface area contributed by atoms with Gasteiger partial charge < -0.3 is 5.32 Å². The van der Waals surface area contributed by atoms with E-state index in [4.69, 9.17) is 0 Å². The molecule has 0 radical (unpaired) electrons. The van der Waals surface area contributed by atoms with E-state index in [0.29, 0.717) is 0 Å². The summed E-state index contributed by atoms with van der Waals surface area (Å²) in [5.41, 5.74) is 0. The molecular formula is C11H20N2S2. The lowest BCUT2D eigenvalue weighted by Crippen LogP contribution is -2.32. The zero-order chi connectivity index (χ0) is 10.5. The molecule has 0 aliphatic carbocycles. The summed E-state index contributed by atoms with van der Waals surface area (Å²) in [5, 5.41) is 5.50. The van der Waals surface area contributed by atoms with E-state index in [1.165, 1.54) is 35.9 Å². The summed E-state index contributed by atoms with van der Waals surface area (Å²) in [6, 6.07) is 0. The highest BCUT2D eigenvalue weighted by atomic mass is 32.2. The maximum Gasteiger partial charge on any atom is 0.156 e. The number of hydrogen-bond donors (Lipinski definition) is 1. The smallest absolute Gasteiger partial charge is 0.156 e. The Hall–Kier alpha value is 0.170. The van der Waals surface area contributed by atoms with Gasteiger partial charge in [-0.25, -0.2) is 0 Å². The number of nitrogens with zero attached hydrogens (tertiary/aromatic N) is 1. The van der Waals surface area contributed by atoms with Crippen LogP contribution in [0.1, 0.15) is 26.2 Å². The third-order valence-electron chi connectivity index (χ3n) is 2.81. The number of thioether (sulfide) groups is 2. The molecule has 86 valence electrons. The van der Waals surface area contributed by atoms with Gasteiger partial charge in [-0.2, -0.15) is 11.8 Å². The van der Waals surface area contributed by atoms with Crippen molar-refractivity contribution in [3.05, 3.63) is 0 Å². The van der Waals surface area contributed by atoms with Gasteiger partial charge in [0, 0.05) is 24.1 Å². The first-order valence-electron chi connectivity index (χ1n) is 5.87. The van der Waals surface area contributed by atoms with Crippen LogP contribution >= 0.6 is 23.5 Å². The maximum absolute atomic E-state index is 4.55. The van der Waals surface area contributed by atoms with Crippen LogP contribution in [0.15, 0.2) is 4.99 Å². The van der Waals surface area contributed by atoms with Gasteiger partial charge in [0.05, 0.1) is 0 Å². The molecule has 2 aliphatic heterocycles. The molecule has 15 heavy (non-hydrogen) atoms. The number of amidine groups is 1. The molecule has 1 N–H and O–H groups in total. The van der Waals surface area contributed by atoms with Crippen LogP contribution in [0.4, 0.5) is 0 Å². The Kier molecular flexibility index (Phi) is 4.69. The molecule has 0 saturated carbocycles. The fourth-order valence-electron chi connectivity index (χ4n) is 1.83. The first-order valence-corrected chi connectivity index (χ1v) is 7.91. The van der Waals surface area contributed by atoms with E-state index in [1.54, 1.807) is 0 Å². The zero-order valence-electron chi connectivity index (χ0n) is 9.37. The summed E-state index contributed by atoms with van der Waals surface area (Å²) in [4.78, 5) is 4.55. The Morgan fingerprint density at radius 3 is 3.07 bits per heavy atom. The highest BCUT2D eigenvalue weighted by Gasteiger charge is 2.16. The average molecular weight is 244 g/mol. The number of rotatable bonds is 2. The molecule has 2 heterocycles. The van der Waals surface area contributed by atoms with E-state index >= 15 is 0 Å². The van der Waals surface area contributed by atoms with Gasteiger partial charge in [-0.15, -0.1) is 0 Å². The predicted molar refractivity (Wildman–Crippen MR) is 72.0 cm³/mol. The predicted octanol–water partition coefficient (Wildman–Crippen LogP) is 2.60. The second kappa shape index (κ2) is 6.04. The Labute approximate surface area is 101 Å². The van der Waals surface area contributed by atoms with Crippen molar-refractivity contribution in [1.29, 1.82) is 0 Å². The molecule has 2 rings (SSSR count). The SMILES string of the molecule is CC1CN=C(NCC2CCCCS2)SC1. The standard InChI is InChI=1S/C11H20N2S2/c1-9-6-12-11(15-8-9)13-7-10-4-2-3-5-14-10/h9-10H,2-8H2,1H3,(H,12,13). The molecule has 0 aromatic carbocycles. The fraction of sp³-hybridized carbons (Fsp3) is 0.909. The van der Waals surface area contributed by atoms with Gasteiger partial charge in [-0.05, 0) is 24.5 Å². The molecule has 0 bridgehead atoms. The molecule has 2 nitrogen and oxygen atoms in total. The van der Waals surface area contributed by atoms with Crippen LogP contribution in [-0.4, -0.2) is 35.0 Å². The minimum atomic E-state index is 0.754. The molecule has 1 fully saturated rings. The highest BCUT2D eigenvalue weighted by molar-refractivity contribution is 8.13. The second-order valence-electron chi connectivity index (χ2n) is 4.43. The van der Waals surface area contributed by atoms with Gasteiger partial charge >= 0.3 is 0 Å². The zero-order valence-corrected chi connectivity index (χ0v) is 11.0. The fourth-order valence-corrected chi connectivity index (χ4v) is 3.97. The number of hydrogen-bond acceptors (Lipinski definition) is 4. The molecule has 1 saturated heterocycles. The van der Waals surface area contributed by atoms with Gasteiger partial charge in [0.1, 0.15) is 0 Å². The minimum Gasteiger partial charge on any atom is -0.364 e. The number of aliphatic imine (C=N–C) groups is 1. The summed E-state index contributed by atoms with van der Waals surface area (Å²) < 4.78 is 0. The van der Waals surface area contributed by atoms with Gasteiger partial charge in [-0.1, -0.05) is 25.1 Å². The minimum absolute atomic E-state index is 0.754. The first kappa shape index (κ1) is 11.6. The lowest BCUT2D eigenvalue weighted by Gasteiger charge is -2.24. The van der Waals surface area contributed by atoms with Crippen molar-refractivity contribution in [2.45, 2.75) is 31.4 Å². The third-order valence-corrected chi connectivity index (χ3v) is 5.49. The summed E-state index contributed by atoms with van der Waals surface area (Å²) in [6.07, 6.45) is 4.20. The molecule has 2 unspecified atom stereocenters. The molecule has 2 atom stereocenters. The maximum atomic E-state index is 4.55. The van der Waals surface area contributed by atoms with E-state index in [9.17, 15) is 0 Å². The summed E-state index contributed by atoms with van der Waals surface area (Å²) in [7, 11) is 0. The van der Waals surface area contributed by atoms with Crippen LogP contribution in [0.5, 0.6) is 0 Å². The van der Waals surface area contributed by atoms with Crippen molar-refractivity contribution >= 4 is 28.7 Å². The van der Waals surface area contributed by atoms with Crippen molar-refractivity contribution in [3.63, 3.8) is 0 Å². The van der Waals surface area contributed by atoms with Crippen LogP contribution in [0, 0.1) is 5.92 Å². The van der Waals surface area contributed by atoms with Gasteiger partial charge in [-0.3, -0.25) is 4.99 Å². The summed E-state index contributed by atoms with van der Waals surface area (Å²) in [6.45, 7) is 4.39. The van der Waals surface area contributed by atoms with Gasteiger partial charge in [0.2, 0.25) is 0 Å². The normalized spacial score (nSPS) is 32.2. The van der Waals surface area contributed by atoms with E-state index in [-0.39, 0.29) is 0 Å². The highest BCUT2D eigenvalue weighted by Crippen LogP contribution is 2.24. The quantitative estimate of drug-likeness (QED) is 0.808. The lowest BCUT2D eigenvalue weighted by molar-refractivity contribution is 0.643. The van der Waals surface area contributed by atoms with Crippen LogP contribution in [-0.2, 0) is 0 Å². The average Bonchev–Trinajstić information content (AvgIpc) is 2.30. The van der Waals surface area contributed by atoms with Gasteiger partial charge in [0.25, 0.3) is 0 Å². The van der Waals surface area contributed by atoms with Crippen LogP contribution in [0.2, 0.25) is 0 Å². The van der Waals surface area contributed by atoms with Crippen LogP contribution < -0.4 is 5.32 Å². The van der Waals surface area contributed by atoms with Gasteiger partial charge in [0.15, 0.2) is 5.17 Å². The second-order valence-corrected chi connectivity index (χ2v) is 6.85. The molecule has 0 spiro atoms. The Morgan fingerprint density at radius 1 is 1.47 bits per heavy atom. The Balaban J connectivity index is 1.68. The van der Waals surface area contributed by atoms with E-state index in [0.717, 1.165) is 24.3 Å². The van der Waals surface area contributed by atoms with Crippen LogP contribution in [0.3, 0.4) is 0 Å². The monoisotopic (exact) mass is 244 g/mol. The van der Waals surface area contributed by atoms with E-state index < -0.39 is 0 Å². The number of nitrogens with one attached hydrogen (secondary N) is 1. The van der Waals surface area contributed by atoms with Crippen molar-refractivity contribution in [1.82, 2.24) is 5.32 Å². The molecule has 4 heteroatoms. The van der Waals surface area contributed by atoms with Crippen molar-refractivity contribution < 1.29 is 0 Å². The van der Waals surface area contributed by atoms with Crippen molar-refractivity contribution in [2.24, 2.45) is 10.9 Å². The first-order chi connectivity index (χ1) is 7.34. The molecule has 0 aromatic heterocycles. The Morgan fingerprint density at radius 2 is 2.40 bits per heavy atom. The van der Waals surface area contributed by atoms with Crippen molar-refractivity contribution in [3.8, 4) is 0 Å².